The van der Waals surface area contributed by atoms with Gasteiger partial charge in [-0.05, 0) is 31.0 Å². The van der Waals surface area contributed by atoms with Gasteiger partial charge >= 0.3 is 0 Å². The maximum absolute atomic E-state index is 11.0. The van der Waals surface area contributed by atoms with Crippen molar-refractivity contribution in [1.82, 2.24) is 5.32 Å². The molecular formula is C13H20N2O2. The van der Waals surface area contributed by atoms with Crippen LogP contribution in [0.4, 0.5) is 5.69 Å². The van der Waals surface area contributed by atoms with Gasteiger partial charge in [-0.3, -0.25) is 4.79 Å². The minimum atomic E-state index is 0.0722. The Morgan fingerprint density at radius 1 is 1.41 bits per heavy atom. The van der Waals surface area contributed by atoms with Crippen LogP contribution in [-0.4, -0.2) is 26.6 Å². The molecule has 0 heterocycles. The first-order valence-electron chi connectivity index (χ1n) is 5.76. The van der Waals surface area contributed by atoms with E-state index in [4.69, 9.17) is 4.74 Å². The molecule has 1 aromatic carbocycles. The summed E-state index contributed by atoms with van der Waals surface area (Å²) < 4.78 is 5.26. The smallest absolute Gasteiger partial charge is 0.219 e. The number of carbonyl (C=O) groups is 1. The molecule has 4 heteroatoms. The summed E-state index contributed by atoms with van der Waals surface area (Å²) in [6, 6.07) is 5.99. The zero-order valence-electron chi connectivity index (χ0n) is 10.7. The van der Waals surface area contributed by atoms with Gasteiger partial charge in [0.15, 0.2) is 0 Å². The van der Waals surface area contributed by atoms with E-state index < -0.39 is 0 Å². The van der Waals surface area contributed by atoms with E-state index in [9.17, 15) is 4.79 Å². The molecule has 0 unspecified atom stereocenters. The number of benzene rings is 1. The average Bonchev–Trinajstić information content (AvgIpc) is 2.34. The lowest BCUT2D eigenvalue weighted by Gasteiger charge is -2.11. The summed E-state index contributed by atoms with van der Waals surface area (Å²) in [5, 5.41) is 5.88. The molecule has 1 aromatic rings. The zero-order valence-corrected chi connectivity index (χ0v) is 10.7. The highest BCUT2D eigenvalue weighted by atomic mass is 16.5. The van der Waals surface area contributed by atoms with Gasteiger partial charge < -0.3 is 15.4 Å². The van der Waals surface area contributed by atoms with E-state index >= 15 is 0 Å². The highest BCUT2D eigenvalue weighted by Gasteiger charge is 2.03. The van der Waals surface area contributed by atoms with Gasteiger partial charge in [0.2, 0.25) is 5.91 Å². The van der Waals surface area contributed by atoms with E-state index in [2.05, 4.69) is 10.6 Å². The molecular weight excluding hydrogens is 216 g/mol. The molecule has 0 spiro atoms. The molecule has 0 saturated heterocycles. The number of methoxy groups -OCH3 is 1. The third kappa shape index (κ3) is 4.34. The largest absolute Gasteiger partial charge is 0.495 e. The summed E-state index contributed by atoms with van der Waals surface area (Å²) in [5.74, 6) is 0.901. The van der Waals surface area contributed by atoms with Crippen molar-refractivity contribution in [3.05, 3.63) is 23.8 Å². The fourth-order valence-electron chi connectivity index (χ4n) is 1.56. The van der Waals surface area contributed by atoms with Crippen molar-refractivity contribution in [1.29, 1.82) is 0 Å². The third-order valence-electron chi connectivity index (χ3n) is 2.53. The second-order valence-electron chi connectivity index (χ2n) is 3.91. The molecule has 0 aromatic heterocycles. The number of anilines is 1. The lowest BCUT2D eigenvalue weighted by atomic mass is 10.2. The molecule has 0 saturated carbocycles. The Bertz CT molecular complexity index is 378. The number of ether oxygens (including phenoxy) is 1. The molecule has 4 nitrogen and oxygen atoms in total. The molecule has 0 bridgehead atoms. The Morgan fingerprint density at radius 2 is 2.18 bits per heavy atom. The Morgan fingerprint density at radius 3 is 2.82 bits per heavy atom. The second kappa shape index (κ2) is 6.78. The zero-order chi connectivity index (χ0) is 12.7. The van der Waals surface area contributed by atoms with Crippen LogP contribution in [0.2, 0.25) is 0 Å². The highest BCUT2D eigenvalue weighted by Crippen LogP contribution is 2.24. The van der Waals surface area contributed by atoms with Gasteiger partial charge in [0, 0.05) is 20.0 Å². The SMILES string of the molecule is CNC(=O)CCCNc1cc(C)ccc1OC. The van der Waals surface area contributed by atoms with Crippen LogP contribution >= 0.6 is 0 Å². The van der Waals surface area contributed by atoms with Gasteiger partial charge in [0.05, 0.1) is 12.8 Å². The lowest BCUT2D eigenvalue weighted by Crippen LogP contribution is -2.18. The minimum Gasteiger partial charge on any atom is -0.495 e. The molecule has 0 aliphatic heterocycles. The minimum absolute atomic E-state index is 0.0722. The van der Waals surface area contributed by atoms with E-state index in [0.717, 1.165) is 24.4 Å². The summed E-state index contributed by atoms with van der Waals surface area (Å²) >= 11 is 0. The molecule has 0 fully saturated rings. The average molecular weight is 236 g/mol. The number of hydrogen-bond donors (Lipinski definition) is 2. The number of aryl methyl sites for hydroxylation is 1. The van der Waals surface area contributed by atoms with Gasteiger partial charge in [-0.1, -0.05) is 6.07 Å². The first-order chi connectivity index (χ1) is 8.17. The molecule has 94 valence electrons. The predicted molar refractivity (Wildman–Crippen MR) is 69.5 cm³/mol. The number of hydrogen-bond acceptors (Lipinski definition) is 3. The fraction of sp³-hybridized carbons (Fsp3) is 0.462. The molecule has 1 rings (SSSR count). The van der Waals surface area contributed by atoms with Crippen LogP contribution in [0.25, 0.3) is 0 Å². The Hall–Kier alpha value is -1.71. The van der Waals surface area contributed by atoms with Crippen molar-refractivity contribution < 1.29 is 9.53 Å². The summed E-state index contributed by atoms with van der Waals surface area (Å²) in [6.07, 6.45) is 1.34. The molecule has 0 radical (unpaired) electrons. The van der Waals surface area contributed by atoms with E-state index in [1.54, 1.807) is 14.2 Å². The van der Waals surface area contributed by atoms with E-state index in [1.165, 1.54) is 5.56 Å². The van der Waals surface area contributed by atoms with Crippen LogP contribution < -0.4 is 15.4 Å². The van der Waals surface area contributed by atoms with Crippen molar-refractivity contribution in [3.63, 3.8) is 0 Å². The predicted octanol–water partition coefficient (Wildman–Crippen LogP) is 1.94. The quantitative estimate of drug-likeness (QED) is 0.742. The lowest BCUT2D eigenvalue weighted by molar-refractivity contribution is -0.120. The Kier molecular flexibility index (Phi) is 5.33. The van der Waals surface area contributed by atoms with Crippen molar-refractivity contribution in [3.8, 4) is 5.75 Å². The van der Waals surface area contributed by atoms with Gasteiger partial charge in [0.25, 0.3) is 0 Å². The van der Waals surface area contributed by atoms with Crippen LogP contribution in [0.5, 0.6) is 5.75 Å². The molecule has 1 amide bonds. The third-order valence-corrected chi connectivity index (χ3v) is 2.53. The van der Waals surface area contributed by atoms with Gasteiger partial charge in [-0.25, -0.2) is 0 Å². The van der Waals surface area contributed by atoms with E-state index in [-0.39, 0.29) is 5.91 Å². The number of amides is 1. The molecule has 17 heavy (non-hydrogen) atoms. The van der Waals surface area contributed by atoms with Crippen molar-refractivity contribution in [2.45, 2.75) is 19.8 Å². The highest BCUT2D eigenvalue weighted by molar-refractivity contribution is 5.75. The van der Waals surface area contributed by atoms with Crippen LogP contribution in [0.3, 0.4) is 0 Å². The van der Waals surface area contributed by atoms with Crippen molar-refractivity contribution in [2.75, 3.05) is 26.0 Å². The first-order valence-corrected chi connectivity index (χ1v) is 5.76. The number of carbonyl (C=O) groups excluding carboxylic acids is 1. The Balaban J connectivity index is 2.45. The molecule has 2 N–H and O–H groups in total. The standard InChI is InChI=1S/C13H20N2O2/c1-10-6-7-12(17-3)11(9-10)15-8-4-5-13(16)14-2/h6-7,9,15H,4-5,8H2,1-3H3,(H,14,16). The normalized spacial score (nSPS) is 9.82. The topological polar surface area (TPSA) is 50.4 Å². The second-order valence-corrected chi connectivity index (χ2v) is 3.91. The summed E-state index contributed by atoms with van der Waals surface area (Å²) in [7, 11) is 3.31. The summed E-state index contributed by atoms with van der Waals surface area (Å²) in [6.45, 7) is 2.79. The summed E-state index contributed by atoms with van der Waals surface area (Å²) in [5.41, 5.74) is 2.16. The fourth-order valence-corrected chi connectivity index (χ4v) is 1.56. The molecule has 0 aliphatic rings. The molecule has 0 aliphatic carbocycles. The maximum Gasteiger partial charge on any atom is 0.219 e. The van der Waals surface area contributed by atoms with Gasteiger partial charge in [0.1, 0.15) is 5.75 Å². The van der Waals surface area contributed by atoms with Crippen LogP contribution in [0.15, 0.2) is 18.2 Å². The van der Waals surface area contributed by atoms with Crippen LogP contribution in [0, 0.1) is 6.92 Å². The number of rotatable bonds is 6. The van der Waals surface area contributed by atoms with Crippen molar-refractivity contribution in [2.24, 2.45) is 0 Å². The number of nitrogens with one attached hydrogen (secondary N) is 2. The van der Waals surface area contributed by atoms with E-state index in [1.807, 2.05) is 25.1 Å². The van der Waals surface area contributed by atoms with Crippen LogP contribution in [-0.2, 0) is 4.79 Å². The van der Waals surface area contributed by atoms with E-state index in [0.29, 0.717) is 6.42 Å². The monoisotopic (exact) mass is 236 g/mol. The Labute approximate surface area is 102 Å². The molecule has 0 atom stereocenters. The first kappa shape index (κ1) is 13.4. The summed E-state index contributed by atoms with van der Waals surface area (Å²) in [4.78, 5) is 11.0. The van der Waals surface area contributed by atoms with Crippen molar-refractivity contribution >= 4 is 11.6 Å². The van der Waals surface area contributed by atoms with Crippen LogP contribution in [0.1, 0.15) is 18.4 Å². The van der Waals surface area contributed by atoms with Gasteiger partial charge in [-0.15, -0.1) is 0 Å². The maximum atomic E-state index is 11.0. The van der Waals surface area contributed by atoms with Gasteiger partial charge in [-0.2, -0.15) is 0 Å².